The van der Waals surface area contributed by atoms with E-state index in [1.165, 1.54) is 36.6 Å². The quantitative estimate of drug-likeness (QED) is 0.447. The number of ether oxygens (including phenoxy) is 1. The molecule has 1 saturated heterocycles. The first-order valence-electron chi connectivity index (χ1n) is 13.5. The minimum atomic E-state index is -4.13. The third-order valence-corrected chi connectivity index (χ3v) is 9.09. The van der Waals surface area contributed by atoms with Gasteiger partial charge in [0.05, 0.1) is 17.9 Å². The Balaban J connectivity index is 1.45. The normalized spacial score (nSPS) is 19.5. The van der Waals surface area contributed by atoms with E-state index >= 15 is 0 Å². The lowest BCUT2D eigenvalue weighted by Gasteiger charge is -2.34. The number of hydrogen-bond donors (Lipinski definition) is 1. The van der Waals surface area contributed by atoms with E-state index in [0.717, 1.165) is 6.42 Å². The van der Waals surface area contributed by atoms with Gasteiger partial charge in [-0.15, -0.1) is 5.10 Å². The van der Waals surface area contributed by atoms with Crippen LogP contribution in [-0.2, 0) is 17.1 Å². The zero-order chi connectivity index (χ0) is 27.9. The van der Waals surface area contributed by atoms with Crippen LogP contribution in [0.2, 0.25) is 0 Å². The van der Waals surface area contributed by atoms with Gasteiger partial charge in [0, 0.05) is 37.6 Å². The van der Waals surface area contributed by atoms with Crippen molar-refractivity contribution in [2.45, 2.75) is 70.2 Å². The van der Waals surface area contributed by atoms with Crippen LogP contribution in [0, 0.1) is 18.8 Å². The van der Waals surface area contributed by atoms with Crippen LogP contribution in [-0.4, -0.2) is 57.6 Å². The fraction of sp³-hybridized carbons (Fsp3) is 0.556. The maximum Gasteiger partial charge on any atom is 0.268 e. The van der Waals surface area contributed by atoms with Crippen LogP contribution in [0.3, 0.4) is 0 Å². The van der Waals surface area contributed by atoms with Crippen LogP contribution in [0.25, 0.3) is 5.82 Å². The van der Waals surface area contributed by atoms with Crippen molar-refractivity contribution in [2.24, 2.45) is 18.9 Å². The number of nitrogens with one attached hydrogen (secondary N) is 1. The van der Waals surface area contributed by atoms with Gasteiger partial charge < -0.3 is 9.64 Å². The number of anilines is 1. The lowest BCUT2D eigenvalue weighted by molar-refractivity contribution is 0.0981. The lowest BCUT2D eigenvalue weighted by Crippen LogP contribution is -2.41. The van der Waals surface area contributed by atoms with Crippen molar-refractivity contribution in [3.8, 4) is 11.7 Å². The van der Waals surface area contributed by atoms with E-state index in [4.69, 9.17) is 9.72 Å². The summed E-state index contributed by atoms with van der Waals surface area (Å²) >= 11 is 0. The van der Waals surface area contributed by atoms with Gasteiger partial charge in [0.2, 0.25) is 5.88 Å². The van der Waals surface area contributed by atoms with Gasteiger partial charge in [0.25, 0.3) is 15.9 Å². The highest BCUT2D eigenvalue weighted by atomic mass is 32.2. The van der Waals surface area contributed by atoms with Gasteiger partial charge in [-0.05, 0) is 64.0 Å². The second kappa shape index (κ2) is 10.3. The third kappa shape index (κ3) is 5.66. The Bertz CT molecular complexity index is 1470. The van der Waals surface area contributed by atoms with Crippen LogP contribution in [0.1, 0.15) is 68.9 Å². The number of pyridine rings is 1. The molecule has 2 fully saturated rings. The van der Waals surface area contributed by atoms with Gasteiger partial charge in [-0.3, -0.25) is 9.48 Å². The number of carbonyl (C=O) groups excluding carboxylic acids is 1. The standard InChI is InChI=1S/C27H37N7O4S/c1-18-14-27(3,4)33(15-18)25-21(26(35)31-39(36,37)22-16-32(5)29-19(22)2)10-11-23(28-25)34-13-12-24(30-34)38-17-20-8-6-7-9-20/h10-13,16,18,20H,6-9,14-15,17H2,1-5H3,(H,31,35)/t18-/m0/s1. The van der Waals surface area contributed by atoms with Crippen molar-refractivity contribution in [1.29, 1.82) is 0 Å². The molecule has 1 amide bonds. The van der Waals surface area contributed by atoms with Crippen molar-refractivity contribution in [1.82, 2.24) is 29.3 Å². The van der Waals surface area contributed by atoms with Crippen LogP contribution >= 0.6 is 0 Å². The van der Waals surface area contributed by atoms with Gasteiger partial charge in [-0.1, -0.05) is 19.8 Å². The van der Waals surface area contributed by atoms with Crippen LogP contribution in [0.15, 0.2) is 35.5 Å². The average molecular weight is 556 g/mol. The molecule has 12 heteroatoms. The van der Waals surface area contributed by atoms with Crippen molar-refractivity contribution in [3.05, 3.63) is 41.9 Å². The minimum absolute atomic E-state index is 0.0405. The molecule has 4 heterocycles. The molecule has 0 bridgehead atoms. The highest BCUT2D eigenvalue weighted by Gasteiger charge is 2.39. The molecule has 0 unspecified atom stereocenters. The Kier molecular flexibility index (Phi) is 7.17. The Labute approximate surface area is 229 Å². The molecule has 0 spiro atoms. The Morgan fingerprint density at radius 1 is 1.18 bits per heavy atom. The molecule has 1 aliphatic carbocycles. The molecule has 1 N–H and O–H groups in total. The SMILES string of the molecule is Cc1nn(C)cc1S(=O)(=O)NC(=O)c1ccc(-n2ccc(OCC3CCCC3)n2)nc1N1C[C@@H](C)CC1(C)C. The largest absolute Gasteiger partial charge is 0.476 e. The minimum Gasteiger partial charge on any atom is -0.476 e. The number of aryl methyl sites for hydroxylation is 2. The van der Waals surface area contributed by atoms with E-state index in [1.54, 1.807) is 37.0 Å². The lowest BCUT2D eigenvalue weighted by atomic mass is 9.97. The Morgan fingerprint density at radius 3 is 2.56 bits per heavy atom. The van der Waals surface area contributed by atoms with Crippen molar-refractivity contribution in [2.75, 3.05) is 18.1 Å². The first-order valence-corrected chi connectivity index (χ1v) is 15.0. The number of nitrogens with zero attached hydrogens (tertiary/aromatic N) is 6. The van der Waals surface area contributed by atoms with E-state index in [0.29, 0.717) is 48.2 Å². The summed E-state index contributed by atoms with van der Waals surface area (Å²) in [6, 6.07) is 5.08. The summed E-state index contributed by atoms with van der Waals surface area (Å²) in [6.45, 7) is 9.29. The number of sulfonamides is 1. The van der Waals surface area contributed by atoms with Crippen molar-refractivity contribution >= 4 is 21.7 Å². The average Bonchev–Trinajstić information content (AvgIpc) is 3.64. The molecule has 5 rings (SSSR count). The molecule has 3 aromatic rings. The van der Waals surface area contributed by atoms with E-state index in [1.807, 2.05) is 6.07 Å². The molecule has 1 saturated carbocycles. The van der Waals surface area contributed by atoms with E-state index in [-0.39, 0.29) is 16.0 Å². The number of aromatic nitrogens is 5. The van der Waals surface area contributed by atoms with E-state index < -0.39 is 15.9 Å². The molecule has 2 aliphatic rings. The van der Waals surface area contributed by atoms with Gasteiger partial charge in [0.1, 0.15) is 10.7 Å². The predicted molar refractivity (Wildman–Crippen MR) is 147 cm³/mol. The summed E-state index contributed by atoms with van der Waals surface area (Å²) in [7, 11) is -2.50. The Morgan fingerprint density at radius 2 is 1.92 bits per heavy atom. The van der Waals surface area contributed by atoms with Crippen LogP contribution < -0.4 is 14.4 Å². The first-order chi connectivity index (χ1) is 18.4. The summed E-state index contributed by atoms with van der Waals surface area (Å²) in [5.74, 6) is 1.66. The molecule has 39 heavy (non-hydrogen) atoms. The smallest absolute Gasteiger partial charge is 0.268 e. The molecular weight excluding hydrogens is 518 g/mol. The van der Waals surface area contributed by atoms with Crippen LogP contribution in [0.5, 0.6) is 5.88 Å². The van der Waals surface area contributed by atoms with Crippen molar-refractivity contribution < 1.29 is 17.9 Å². The fourth-order valence-electron chi connectivity index (χ4n) is 5.87. The van der Waals surface area contributed by atoms with E-state index in [2.05, 4.69) is 40.6 Å². The highest BCUT2D eigenvalue weighted by Crippen LogP contribution is 2.38. The number of hydrogen-bond acceptors (Lipinski definition) is 8. The maximum absolute atomic E-state index is 13.5. The zero-order valence-corrected chi connectivity index (χ0v) is 24.0. The van der Waals surface area contributed by atoms with Crippen molar-refractivity contribution in [3.63, 3.8) is 0 Å². The summed E-state index contributed by atoms with van der Waals surface area (Å²) in [5, 5.41) is 8.65. The second-order valence-corrected chi connectivity index (χ2v) is 13.2. The summed E-state index contributed by atoms with van der Waals surface area (Å²) < 4.78 is 37.3. The fourth-order valence-corrected chi connectivity index (χ4v) is 7.06. The predicted octanol–water partition coefficient (Wildman–Crippen LogP) is 3.62. The van der Waals surface area contributed by atoms with E-state index in [9.17, 15) is 13.2 Å². The monoisotopic (exact) mass is 555 g/mol. The molecule has 210 valence electrons. The summed E-state index contributed by atoms with van der Waals surface area (Å²) in [5.41, 5.74) is 0.208. The summed E-state index contributed by atoms with van der Waals surface area (Å²) in [6.07, 6.45) is 8.96. The summed E-state index contributed by atoms with van der Waals surface area (Å²) in [4.78, 5) is 20.4. The highest BCUT2D eigenvalue weighted by molar-refractivity contribution is 7.90. The third-order valence-electron chi connectivity index (χ3n) is 7.66. The number of amides is 1. The molecule has 3 aromatic heterocycles. The van der Waals surface area contributed by atoms with Gasteiger partial charge >= 0.3 is 0 Å². The topological polar surface area (TPSA) is 124 Å². The number of carbonyl (C=O) groups is 1. The van der Waals surface area contributed by atoms with Gasteiger partial charge in [-0.25, -0.2) is 22.8 Å². The molecular formula is C27H37N7O4S. The molecule has 1 aliphatic heterocycles. The molecule has 0 aromatic carbocycles. The van der Waals surface area contributed by atoms with Crippen LogP contribution in [0.4, 0.5) is 5.82 Å². The maximum atomic E-state index is 13.5. The Hall–Kier alpha value is -3.41. The second-order valence-electron chi connectivity index (χ2n) is 11.5. The number of rotatable bonds is 8. The molecule has 0 radical (unpaired) electrons. The van der Waals surface area contributed by atoms with Gasteiger partial charge in [0.15, 0.2) is 5.82 Å². The zero-order valence-electron chi connectivity index (χ0n) is 23.2. The first kappa shape index (κ1) is 27.2. The molecule has 1 atom stereocenters. The molecule has 11 nitrogen and oxygen atoms in total. The van der Waals surface area contributed by atoms with Gasteiger partial charge in [-0.2, -0.15) is 5.10 Å².